The van der Waals surface area contributed by atoms with Crippen molar-refractivity contribution in [1.29, 1.82) is 0 Å². The summed E-state index contributed by atoms with van der Waals surface area (Å²) in [7, 11) is 1.65. The SMILES string of the molecule is COCCOCCOc1cncc(CNC(C)(C)C)n1. The molecule has 6 heteroatoms. The summed E-state index contributed by atoms with van der Waals surface area (Å²) in [6, 6.07) is 0. The monoisotopic (exact) mass is 283 g/mol. The number of rotatable bonds is 9. The third-order valence-corrected chi connectivity index (χ3v) is 2.37. The maximum atomic E-state index is 5.49. The van der Waals surface area contributed by atoms with Crippen molar-refractivity contribution in [3.63, 3.8) is 0 Å². The lowest BCUT2D eigenvalue weighted by atomic mass is 10.1. The summed E-state index contributed by atoms with van der Waals surface area (Å²) in [4.78, 5) is 8.51. The molecule has 6 nitrogen and oxygen atoms in total. The molecule has 0 fully saturated rings. The molecule has 0 saturated heterocycles. The van der Waals surface area contributed by atoms with E-state index in [1.54, 1.807) is 19.5 Å². The molecule has 1 aromatic rings. The summed E-state index contributed by atoms with van der Waals surface area (Å²) in [6.45, 7) is 9.12. The Morgan fingerprint density at radius 2 is 1.85 bits per heavy atom. The van der Waals surface area contributed by atoms with Crippen molar-refractivity contribution in [2.45, 2.75) is 32.9 Å². The number of hydrogen-bond donors (Lipinski definition) is 1. The second-order valence-electron chi connectivity index (χ2n) is 5.41. The Kier molecular flexibility index (Phi) is 7.43. The number of nitrogens with zero attached hydrogens (tertiary/aromatic N) is 2. The van der Waals surface area contributed by atoms with Gasteiger partial charge in [-0.25, -0.2) is 4.98 Å². The summed E-state index contributed by atoms with van der Waals surface area (Å²) in [6.07, 6.45) is 3.34. The molecule has 1 heterocycles. The Bertz CT molecular complexity index is 380. The van der Waals surface area contributed by atoms with E-state index < -0.39 is 0 Å². The summed E-state index contributed by atoms with van der Waals surface area (Å²) < 4.78 is 15.7. The summed E-state index contributed by atoms with van der Waals surface area (Å²) in [5.41, 5.74) is 0.908. The normalized spacial score (nSPS) is 11.6. The first-order chi connectivity index (χ1) is 9.51. The molecule has 0 unspecified atom stereocenters. The van der Waals surface area contributed by atoms with Crippen LogP contribution in [-0.4, -0.2) is 49.0 Å². The number of methoxy groups -OCH3 is 1. The number of hydrogen-bond acceptors (Lipinski definition) is 6. The lowest BCUT2D eigenvalue weighted by Crippen LogP contribution is -2.35. The van der Waals surface area contributed by atoms with Gasteiger partial charge >= 0.3 is 0 Å². The Labute approximate surface area is 120 Å². The minimum atomic E-state index is 0.0493. The maximum absolute atomic E-state index is 5.49. The molecular weight excluding hydrogens is 258 g/mol. The van der Waals surface area contributed by atoms with Crippen molar-refractivity contribution in [2.24, 2.45) is 0 Å². The molecule has 1 aromatic heterocycles. The van der Waals surface area contributed by atoms with Crippen molar-refractivity contribution in [3.05, 3.63) is 18.1 Å². The smallest absolute Gasteiger partial charge is 0.232 e. The van der Waals surface area contributed by atoms with Gasteiger partial charge in [-0.05, 0) is 20.8 Å². The van der Waals surface area contributed by atoms with Crippen LogP contribution in [0.4, 0.5) is 0 Å². The van der Waals surface area contributed by atoms with E-state index in [1.165, 1.54) is 0 Å². The molecule has 0 spiro atoms. The molecule has 20 heavy (non-hydrogen) atoms. The molecule has 0 aliphatic heterocycles. The van der Waals surface area contributed by atoms with Crippen molar-refractivity contribution in [3.8, 4) is 5.88 Å². The summed E-state index contributed by atoms with van der Waals surface area (Å²) in [5.74, 6) is 0.522. The van der Waals surface area contributed by atoms with E-state index in [0.29, 0.717) is 38.9 Å². The van der Waals surface area contributed by atoms with E-state index in [9.17, 15) is 0 Å². The Balaban J connectivity index is 2.29. The summed E-state index contributed by atoms with van der Waals surface area (Å²) in [5, 5.41) is 3.36. The van der Waals surface area contributed by atoms with E-state index in [4.69, 9.17) is 14.2 Å². The van der Waals surface area contributed by atoms with Gasteiger partial charge in [0.15, 0.2) is 0 Å². The molecule has 1 rings (SSSR count). The van der Waals surface area contributed by atoms with Crippen LogP contribution in [0.3, 0.4) is 0 Å². The van der Waals surface area contributed by atoms with Crippen LogP contribution in [-0.2, 0) is 16.0 Å². The Morgan fingerprint density at radius 1 is 1.10 bits per heavy atom. The predicted molar refractivity (Wildman–Crippen MR) is 76.8 cm³/mol. The zero-order chi connectivity index (χ0) is 14.8. The van der Waals surface area contributed by atoms with Gasteiger partial charge < -0.3 is 19.5 Å². The lowest BCUT2D eigenvalue weighted by Gasteiger charge is -2.20. The average Bonchev–Trinajstić information content (AvgIpc) is 2.40. The Hall–Kier alpha value is -1.24. The fourth-order valence-corrected chi connectivity index (χ4v) is 1.35. The van der Waals surface area contributed by atoms with Crippen LogP contribution in [0.5, 0.6) is 5.88 Å². The molecule has 0 bridgehead atoms. The van der Waals surface area contributed by atoms with Gasteiger partial charge in [0.05, 0.1) is 31.7 Å². The molecule has 0 amide bonds. The first-order valence-corrected chi connectivity index (χ1v) is 6.77. The summed E-state index contributed by atoms with van der Waals surface area (Å²) >= 11 is 0. The predicted octanol–water partition coefficient (Wildman–Crippen LogP) is 1.41. The first kappa shape index (κ1) is 16.8. The first-order valence-electron chi connectivity index (χ1n) is 6.77. The van der Waals surface area contributed by atoms with Gasteiger partial charge in [-0.15, -0.1) is 0 Å². The zero-order valence-corrected chi connectivity index (χ0v) is 12.8. The van der Waals surface area contributed by atoms with Gasteiger partial charge in [0.1, 0.15) is 6.61 Å². The second kappa shape index (κ2) is 8.84. The standard InChI is InChI=1S/C14H25N3O3/c1-14(2,3)16-10-12-9-15-11-13(17-12)20-8-7-19-6-5-18-4/h9,11,16H,5-8,10H2,1-4H3. The van der Waals surface area contributed by atoms with Crippen LogP contribution < -0.4 is 10.1 Å². The highest BCUT2D eigenvalue weighted by molar-refractivity contribution is 5.08. The molecule has 0 aromatic carbocycles. The average molecular weight is 283 g/mol. The van der Waals surface area contributed by atoms with Crippen LogP contribution in [0, 0.1) is 0 Å². The fourth-order valence-electron chi connectivity index (χ4n) is 1.35. The van der Waals surface area contributed by atoms with Crippen molar-refractivity contribution >= 4 is 0 Å². The number of ether oxygens (including phenoxy) is 3. The van der Waals surface area contributed by atoms with Crippen LogP contribution >= 0.6 is 0 Å². The quantitative estimate of drug-likeness (QED) is 0.691. The molecule has 0 aliphatic carbocycles. The van der Waals surface area contributed by atoms with Gasteiger partial charge in [0.2, 0.25) is 5.88 Å². The van der Waals surface area contributed by atoms with E-state index in [0.717, 1.165) is 5.69 Å². The van der Waals surface area contributed by atoms with Crippen LogP contribution in [0.25, 0.3) is 0 Å². The molecule has 0 saturated carbocycles. The van der Waals surface area contributed by atoms with Crippen LogP contribution in [0.1, 0.15) is 26.5 Å². The number of aromatic nitrogens is 2. The minimum absolute atomic E-state index is 0.0493. The minimum Gasteiger partial charge on any atom is -0.474 e. The van der Waals surface area contributed by atoms with Gasteiger partial charge in [-0.3, -0.25) is 4.98 Å². The van der Waals surface area contributed by atoms with Crippen molar-refractivity contribution < 1.29 is 14.2 Å². The van der Waals surface area contributed by atoms with Gasteiger partial charge in [0, 0.05) is 25.4 Å². The van der Waals surface area contributed by atoms with E-state index in [1.807, 2.05) is 0 Å². The zero-order valence-electron chi connectivity index (χ0n) is 12.8. The molecule has 0 aliphatic rings. The highest BCUT2D eigenvalue weighted by atomic mass is 16.5. The highest BCUT2D eigenvalue weighted by Gasteiger charge is 2.09. The third-order valence-electron chi connectivity index (χ3n) is 2.37. The van der Waals surface area contributed by atoms with E-state index >= 15 is 0 Å². The van der Waals surface area contributed by atoms with Gasteiger partial charge in [-0.2, -0.15) is 0 Å². The second-order valence-corrected chi connectivity index (χ2v) is 5.41. The molecule has 114 valence electrons. The van der Waals surface area contributed by atoms with Crippen LogP contribution in [0.15, 0.2) is 12.4 Å². The van der Waals surface area contributed by atoms with E-state index in [-0.39, 0.29) is 5.54 Å². The molecular formula is C14H25N3O3. The number of nitrogens with one attached hydrogen (secondary N) is 1. The van der Waals surface area contributed by atoms with E-state index in [2.05, 4.69) is 36.1 Å². The van der Waals surface area contributed by atoms with Gasteiger partial charge in [0.25, 0.3) is 0 Å². The van der Waals surface area contributed by atoms with Crippen LogP contribution in [0.2, 0.25) is 0 Å². The fraction of sp³-hybridized carbons (Fsp3) is 0.714. The lowest BCUT2D eigenvalue weighted by molar-refractivity contribution is 0.0535. The molecule has 1 N–H and O–H groups in total. The molecule has 0 radical (unpaired) electrons. The van der Waals surface area contributed by atoms with Crippen molar-refractivity contribution in [1.82, 2.24) is 15.3 Å². The third kappa shape index (κ3) is 8.04. The Morgan fingerprint density at radius 3 is 2.55 bits per heavy atom. The van der Waals surface area contributed by atoms with Crippen molar-refractivity contribution in [2.75, 3.05) is 33.5 Å². The maximum Gasteiger partial charge on any atom is 0.232 e. The largest absolute Gasteiger partial charge is 0.474 e. The topological polar surface area (TPSA) is 65.5 Å². The highest BCUT2D eigenvalue weighted by Crippen LogP contribution is 2.07. The molecule has 0 atom stereocenters. The van der Waals surface area contributed by atoms with Gasteiger partial charge in [-0.1, -0.05) is 0 Å².